The van der Waals surface area contributed by atoms with Crippen molar-refractivity contribution in [3.63, 3.8) is 0 Å². The third kappa shape index (κ3) is 3.74. The van der Waals surface area contributed by atoms with Crippen LogP contribution >= 0.6 is 0 Å². The highest BCUT2D eigenvalue weighted by molar-refractivity contribution is 5.94. The monoisotopic (exact) mass is 297 g/mol. The molecule has 2 aromatic carbocycles. The van der Waals surface area contributed by atoms with Gasteiger partial charge in [-0.25, -0.2) is 0 Å². The van der Waals surface area contributed by atoms with Crippen LogP contribution in [0.1, 0.15) is 11.5 Å². The molecule has 0 aromatic heterocycles. The number of methoxy groups -OCH3 is 1. The summed E-state index contributed by atoms with van der Waals surface area (Å²) in [5, 5.41) is 13.0. The van der Waals surface area contributed by atoms with E-state index in [0.717, 1.165) is 11.3 Å². The topological polar surface area (TPSA) is 58.6 Å². The van der Waals surface area contributed by atoms with Gasteiger partial charge in [0.25, 0.3) is 5.91 Å². The van der Waals surface area contributed by atoms with Crippen molar-refractivity contribution < 1.29 is 14.6 Å². The Kier molecular flexibility index (Phi) is 5.33. The zero-order valence-corrected chi connectivity index (χ0v) is 12.4. The van der Waals surface area contributed by atoms with Crippen LogP contribution < -0.4 is 10.1 Å². The first-order chi connectivity index (χ1) is 10.7. The minimum atomic E-state index is -1.22. The molecule has 4 heteroatoms. The molecule has 2 atom stereocenters. The molecule has 22 heavy (non-hydrogen) atoms. The fourth-order valence-electron chi connectivity index (χ4n) is 2.17. The summed E-state index contributed by atoms with van der Waals surface area (Å²) in [4.78, 5) is 12.2. The van der Waals surface area contributed by atoms with Crippen LogP contribution in [0.2, 0.25) is 0 Å². The first kappa shape index (κ1) is 15.8. The largest absolute Gasteiger partial charge is 0.497 e. The summed E-state index contributed by atoms with van der Waals surface area (Å²) in [6, 6.07) is 16.2. The molecule has 0 heterocycles. The molecule has 0 saturated heterocycles. The molecule has 0 saturated carbocycles. The van der Waals surface area contributed by atoms with E-state index in [2.05, 4.69) is 11.9 Å². The second kappa shape index (κ2) is 7.43. The number of hydrogen-bond acceptors (Lipinski definition) is 3. The van der Waals surface area contributed by atoms with Gasteiger partial charge in [-0.1, -0.05) is 36.4 Å². The predicted molar refractivity (Wildman–Crippen MR) is 87.0 cm³/mol. The number of amides is 1. The molecule has 2 aromatic rings. The Bertz CT molecular complexity index is 623. The summed E-state index contributed by atoms with van der Waals surface area (Å²) in [5.41, 5.74) is 1.44. The van der Waals surface area contributed by atoms with Crippen molar-refractivity contribution in [3.8, 4) is 5.75 Å². The maximum Gasteiger partial charge on any atom is 0.254 e. The van der Waals surface area contributed by atoms with E-state index in [1.165, 1.54) is 0 Å². The second-order valence-electron chi connectivity index (χ2n) is 4.83. The standard InChI is InChI=1S/C18H19NO3/c1-3-16(13-9-11-15(22-2)12-10-13)17(20)18(21)19-14-7-5-4-6-8-14/h3-12,16-17,20H,1H2,2H3,(H,19,21)/t16-,17+/m0/s1. The van der Waals surface area contributed by atoms with Gasteiger partial charge in [-0.15, -0.1) is 6.58 Å². The average Bonchev–Trinajstić information content (AvgIpc) is 2.57. The molecule has 1 amide bonds. The van der Waals surface area contributed by atoms with E-state index in [1.807, 2.05) is 30.3 Å². The summed E-state index contributed by atoms with van der Waals surface area (Å²) in [5.74, 6) is -0.240. The van der Waals surface area contributed by atoms with Gasteiger partial charge >= 0.3 is 0 Å². The van der Waals surface area contributed by atoms with E-state index < -0.39 is 17.9 Å². The number of hydrogen-bond donors (Lipinski definition) is 2. The van der Waals surface area contributed by atoms with Crippen molar-refractivity contribution in [2.75, 3.05) is 12.4 Å². The zero-order valence-electron chi connectivity index (χ0n) is 12.4. The normalized spacial score (nSPS) is 13.0. The lowest BCUT2D eigenvalue weighted by Crippen LogP contribution is -2.32. The Hall–Kier alpha value is -2.59. The highest BCUT2D eigenvalue weighted by Gasteiger charge is 2.25. The van der Waals surface area contributed by atoms with Gasteiger partial charge in [0.05, 0.1) is 7.11 Å². The number of nitrogens with one attached hydrogen (secondary N) is 1. The maximum absolute atomic E-state index is 12.2. The van der Waals surface area contributed by atoms with Crippen LogP contribution in [0.3, 0.4) is 0 Å². The summed E-state index contributed by atoms with van der Waals surface area (Å²) < 4.78 is 5.10. The van der Waals surface area contributed by atoms with Crippen molar-refractivity contribution >= 4 is 11.6 Å². The lowest BCUT2D eigenvalue weighted by Gasteiger charge is -2.20. The Labute approximate surface area is 130 Å². The quantitative estimate of drug-likeness (QED) is 0.806. The fraction of sp³-hybridized carbons (Fsp3) is 0.167. The molecule has 0 aliphatic heterocycles. The average molecular weight is 297 g/mol. The predicted octanol–water partition coefficient (Wildman–Crippen LogP) is 2.96. The van der Waals surface area contributed by atoms with Crippen molar-refractivity contribution in [3.05, 3.63) is 72.8 Å². The molecule has 2 N–H and O–H groups in total. The second-order valence-corrected chi connectivity index (χ2v) is 4.83. The molecule has 0 aliphatic rings. The van der Waals surface area contributed by atoms with Gasteiger partial charge in [-0.05, 0) is 29.8 Å². The van der Waals surface area contributed by atoms with Crippen LogP contribution in [0, 0.1) is 0 Å². The Morgan fingerprint density at radius 1 is 1.18 bits per heavy atom. The number of carbonyl (C=O) groups is 1. The van der Waals surface area contributed by atoms with Crippen LogP contribution in [0.4, 0.5) is 5.69 Å². The lowest BCUT2D eigenvalue weighted by atomic mass is 9.93. The van der Waals surface area contributed by atoms with Crippen LogP contribution in [-0.2, 0) is 4.79 Å². The summed E-state index contributed by atoms with van der Waals surface area (Å²) in [6.45, 7) is 3.72. The molecule has 0 unspecified atom stereocenters. The van der Waals surface area contributed by atoms with Crippen LogP contribution in [0.15, 0.2) is 67.3 Å². The number of benzene rings is 2. The summed E-state index contributed by atoms with van der Waals surface area (Å²) in [7, 11) is 1.59. The molecular weight excluding hydrogens is 278 g/mol. The van der Waals surface area contributed by atoms with Gasteiger partial charge < -0.3 is 15.2 Å². The maximum atomic E-state index is 12.2. The van der Waals surface area contributed by atoms with Crippen LogP contribution in [0.5, 0.6) is 5.75 Å². The van der Waals surface area contributed by atoms with Gasteiger partial charge in [0.15, 0.2) is 0 Å². The highest BCUT2D eigenvalue weighted by atomic mass is 16.5. The van der Waals surface area contributed by atoms with Gasteiger partial charge in [-0.3, -0.25) is 4.79 Å². The van der Waals surface area contributed by atoms with Crippen LogP contribution in [0.25, 0.3) is 0 Å². The molecule has 0 spiro atoms. The highest BCUT2D eigenvalue weighted by Crippen LogP contribution is 2.24. The molecule has 114 valence electrons. The third-order valence-corrected chi connectivity index (χ3v) is 3.40. The van der Waals surface area contributed by atoms with E-state index in [1.54, 1.807) is 37.5 Å². The van der Waals surface area contributed by atoms with Crippen molar-refractivity contribution in [2.45, 2.75) is 12.0 Å². The SMILES string of the molecule is C=C[C@@H](c1ccc(OC)cc1)[C@@H](O)C(=O)Nc1ccccc1. The lowest BCUT2D eigenvalue weighted by molar-refractivity contribution is -0.124. The zero-order chi connectivity index (χ0) is 15.9. The van der Waals surface area contributed by atoms with Gasteiger partial charge in [-0.2, -0.15) is 0 Å². The number of rotatable bonds is 6. The Morgan fingerprint density at radius 3 is 2.36 bits per heavy atom. The van der Waals surface area contributed by atoms with E-state index in [4.69, 9.17) is 4.74 Å². The number of aliphatic hydroxyl groups excluding tert-OH is 1. The smallest absolute Gasteiger partial charge is 0.254 e. The fourth-order valence-corrected chi connectivity index (χ4v) is 2.17. The van der Waals surface area contributed by atoms with Gasteiger partial charge in [0, 0.05) is 11.6 Å². The molecule has 2 rings (SSSR count). The minimum absolute atomic E-state index is 0.466. The molecule has 0 radical (unpaired) electrons. The first-order valence-corrected chi connectivity index (χ1v) is 6.96. The molecule has 0 bridgehead atoms. The van der Waals surface area contributed by atoms with Crippen LogP contribution in [-0.4, -0.2) is 24.2 Å². The van der Waals surface area contributed by atoms with Crippen molar-refractivity contribution in [1.29, 1.82) is 0 Å². The van der Waals surface area contributed by atoms with Gasteiger partial charge in [0.2, 0.25) is 0 Å². The third-order valence-electron chi connectivity index (χ3n) is 3.40. The molecule has 0 aliphatic carbocycles. The summed E-state index contributed by atoms with van der Waals surface area (Å²) >= 11 is 0. The van der Waals surface area contributed by atoms with Crippen molar-refractivity contribution in [2.24, 2.45) is 0 Å². The Morgan fingerprint density at radius 2 is 1.82 bits per heavy atom. The van der Waals surface area contributed by atoms with E-state index in [0.29, 0.717) is 5.69 Å². The van der Waals surface area contributed by atoms with Crippen molar-refractivity contribution in [1.82, 2.24) is 0 Å². The number of ether oxygens (including phenoxy) is 1. The number of para-hydroxylation sites is 1. The minimum Gasteiger partial charge on any atom is -0.497 e. The molecule has 4 nitrogen and oxygen atoms in total. The van der Waals surface area contributed by atoms with E-state index >= 15 is 0 Å². The number of carbonyl (C=O) groups excluding carboxylic acids is 1. The molecular formula is C18H19NO3. The van der Waals surface area contributed by atoms with Gasteiger partial charge in [0.1, 0.15) is 11.9 Å². The number of aliphatic hydroxyl groups is 1. The Balaban J connectivity index is 2.11. The first-order valence-electron chi connectivity index (χ1n) is 6.96. The summed E-state index contributed by atoms with van der Waals surface area (Å²) in [6.07, 6.45) is 0.350. The van der Waals surface area contributed by atoms with E-state index in [9.17, 15) is 9.90 Å². The number of anilines is 1. The molecule has 0 fully saturated rings. The van der Waals surface area contributed by atoms with E-state index in [-0.39, 0.29) is 0 Å².